The highest BCUT2D eigenvalue weighted by Crippen LogP contribution is 2.23. The monoisotopic (exact) mass is 372 g/mol. The van der Waals surface area contributed by atoms with Gasteiger partial charge in [-0.25, -0.2) is 14.6 Å². The predicted molar refractivity (Wildman–Crippen MR) is 100 cm³/mol. The Hall–Kier alpha value is -3.62. The summed E-state index contributed by atoms with van der Waals surface area (Å²) in [5, 5.41) is 16.0. The first kappa shape index (κ1) is 19.7. The maximum atomic E-state index is 12.4. The predicted octanol–water partition coefficient (Wildman–Crippen LogP) is 3.77. The van der Waals surface area contributed by atoms with E-state index >= 15 is 0 Å². The van der Waals surface area contributed by atoms with Gasteiger partial charge in [0.1, 0.15) is 11.4 Å². The minimum absolute atomic E-state index is 0.103. The molecule has 9 heteroatoms. The van der Waals surface area contributed by atoms with Crippen molar-refractivity contribution in [2.45, 2.75) is 26.4 Å². The second-order valence-electron chi connectivity index (χ2n) is 6.49. The molecule has 4 N–H and O–H groups in total. The van der Waals surface area contributed by atoms with Crippen molar-refractivity contribution in [3.63, 3.8) is 0 Å². The van der Waals surface area contributed by atoms with Crippen LogP contribution in [0.2, 0.25) is 0 Å². The number of amides is 3. The molecule has 2 aromatic rings. The van der Waals surface area contributed by atoms with Crippen LogP contribution in [-0.2, 0) is 4.74 Å². The number of carbonyl (C=O) groups excluding carboxylic acids is 2. The van der Waals surface area contributed by atoms with E-state index in [4.69, 9.17) is 9.84 Å². The number of carboxylic acid groups (broad SMARTS) is 1. The molecule has 1 heterocycles. The van der Waals surface area contributed by atoms with E-state index in [1.165, 1.54) is 18.3 Å². The Morgan fingerprint density at radius 3 is 2.11 bits per heavy atom. The van der Waals surface area contributed by atoms with Crippen LogP contribution in [0.5, 0.6) is 0 Å². The molecule has 0 saturated heterocycles. The van der Waals surface area contributed by atoms with Gasteiger partial charge in [0.2, 0.25) is 0 Å². The molecule has 0 fully saturated rings. The minimum atomic E-state index is -1.25. The molecule has 27 heavy (non-hydrogen) atoms. The van der Waals surface area contributed by atoms with Crippen LogP contribution in [0.25, 0.3) is 0 Å². The van der Waals surface area contributed by atoms with Crippen LogP contribution in [-0.4, -0.2) is 33.8 Å². The summed E-state index contributed by atoms with van der Waals surface area (Å²) in [5.74, 6) is -0.367. The molecule has 0 unspecified atom stereocenters. The molecular formula is C18H20N4O5. The molecule has 0 saturated carbocycles. The fourth-order valence-electron chi connectivity index (χ4n) is 2.02. The van der Waals surface area contributed by atoms with Gasteiger partial charge in [0.25, 0.3) is 5.91 Å². The Balaban J connectivity index is 2.09. The van der Waals surface area contributed by atoms with Crippen molar-refractivity contribution >= 4 is 35.3 Å². The Morgan fingerprint density at radius 1 is 0.963 bits per heavy atom. The molecule has 1 aromatic heterocycles. The molecule has 0 aliphatic heterocycles. The second kappa shape index (κ2) is 8.17. The number of pyridine rings is 1. The Labute approximate surface area is 155 Å². The van der Waals surface area contributed by atoms with Gasteiger partial charge in [0.15, 0.2) is 0 Å². The Kier molecular flexibility index (Phi) is 5.96. The van der Waals surface area contributed by atoms with Crippen LogP contribution in [0.1, 0.15) is 31.1 Å². The summed E-state index contributed by atoms with van der Waals surface area (Å²) in [6, 6.07) is 9.45. The van der Waals surface area contributed by atoms with E-state index in [1.54, 1.807) is 45.0 Å². The number of nitrogens with zero attached hydrogens (tertiary/aromatic N) is 1. The molecule has 9 nitrogen and oxygen atoms in total. The van der Waals surface area contributed by atoms with Crippen molar-refractivity contribution in [1.82, 2.24) is 4.98 Å². The van der Waals surface area contributed by atoms with Crippen molar-refractivity contribution in [2.24, 2.45) is 0 Å². The zero-order valence-electron chi connectivity index (χ0n) is 15.1. The van der Waals surface area contributed by atoms with Crippen molar-refractivity contribution in [1.29, 1.82) is 0 Å². The number of anilines is 3. The maximum absolute atomic E-state index is 12.4. The molecule has 142 valence electrons. The van der Waals surface area contributed by atoms with E-state index < -0.39 is 23.7 Å². The zero-order valence-corrected chi connectivity index (χ0v) is 15.1. The molecule has 0 aliphatic rings. The number of carbonyl (C=O) groups is 3. The van der Waals surface area contributed by atoms with Crippen molar-refractivity contribution < 1.29 is 24.2 Å². The number of hydrogen-bond acceptors (Lipinski definition) is 5. The maximum Gasteiger partial charge on any atom is 0.412 e. The van der Waals surface area contributed by atoms with Gasteiger partial charge in [0.05, 0.1) is 16.9 Å². The summed E-state index contributed by atoms with van der Waals surface area (Å²) in [4.78, 5) is 38.7. The fraction of sp³-hybridized carbons (Fsp3) is 0.222. The van der Waals surface area contributed by atoms with Gasteiger partial charge >= 0.3 is 12.2 Å². The molecule has 2 rings (SSSR count). The lowest BCUT2D eigenvalue weighted by Crippen LogP contribution is -2.27. The number of hydrogen-bond donors (Lipinski definition) is 4. The average Bonchev–Trinajstić information content (AvgIpc) is 2.55. The van der Waals surface area contributed by atoms with Crippen LogP contribution in [0.4, 0.5) is 26.8 Å². The SMILES string of the molecule is CC(C)(C)OC(=O)Nc1ccccc1NC(=O)c1ccc(NC(=O)O)nc1. The largest absolute Gasteiger partial charge is 0.465 e. The van der Waals surface area contributed by atoms with E-state index in [-0.39, 0.29) is 11.4 Å². The van der Waals surface area contributed by atoms with Gasteiger partial charge in [-0.3, -0.25) is 15.4 Å². The molecule has 0 spiro atoms. The third-order valence-electron chi connectivity index (χ3n) is 3.07. The molecule has 3 amide bonds. The lowest BCUT2D eigenvalue weighted by molar-refractivity contribution is 0.0635. The minimum Gasteiger partial charge on any atom is -0.465 e. The number of rotatable bonds is 4. The third kappa shape index (κ3) is 6.31. The molecule has 0 aliphatic carbocycles. The lowest BCUT2D eigenvalue weighted by Gasteiger charge is -2.20. The first-order valence-corrected chi connectivity index (χ1v) is 8.00. The van der Waals surface area contributed by atoms with E-state index in [9.17, 15) is 14.4 Å². The van der Waals surface area contributed by atoms with Gasteiger partial charge in [-0.2, -0.15) is 0 Å². The smallest absolute Gasteiger partial charge is 0.412 e. The Bertz CT molecular complexity index is 844. The third-order valence-corrected chi connectivity index (χ3v) is 3.07. The highest BCUT2D eigenvalue weighted by Gasteiger charge is 2.18. The first-order chi connectivity index (χ1) is 12.6. The van der Waals surface area contributed by atoms with Crippen molar-refractivity contribution in [2.75, 3.05) is 16.0 Å². The standard InChI is InChI=1S/C18H20N4O5/c1-18(2,3)27-17(26)21-13-7-5-4-6-12(13)20-15(23)11-8-9-14(19-10-11)22-16(24)25/h4-10H,1-3H3,(H,19,22)(H,20,23)(H,21,26)(H,24,25). The van der Waals surface area contributed by atoms with Crippen LogP contribution >= 0.6 is 0 Å². The van der Waals surface area contributed by atoms with E-state index in [0.717, 1.165) is 0 Å². The quantitative estimate of drug-likeness (QED) is 0.646. The van der Waals surface area contributed by atoms with Crippen LogP contribution in [0.3, 0.4) is 0 Å². The molecular weight excluding hydrogens is 352 g/mol. The van der Waals surface area contributed by atoms with E-state index in [1.807, 2.05) is 0 Å². The number of nitrogens with one attached hydrogen (secondary N) is 3. The zero-order chi connectivity index (χ0) is 20.0. The molecule has 0 bridgehead atoms. The molecule has 1 aromatic carbocycles. The van der Waals surface area contributed by atoms with Gasteiger partial charge in [-0.1, -0.05) is 12.1 Å². The lowest BCUT2D eigenvalue weighted by atomic mass is 10.2. The van der Waals surface area contributed by atoms with Crippen LogP contribution in [0.15, 0.2) is 42.6 Å². The van der Waals surface area contributed by atoms with E-state index in [2.05, 4.69) is 20.9 Å². The molecule has 0 atom stereocenters. The highest BCUT2D eigenvalue weighted by atomic mass is 16.6. The van der Waals surface area contributed by atoms with Crippen molar-refractivity contribution in [3.8, 4) is 0 Å². The summed E-state index contributed by atoms with van der Waals surface area (Å²) in [6.07, 6.45) is -0.651. The second-order valence-corrected chi connectivity index (χ2v) is 6.49. The summed E-state index contributed by atoms with van der Waals surface area (Å²) in [7, 11) is 0. The van der Waals surface area contributed by atoms with Crippen molar-refractivity contribution in [3.05, 3.63) is 48.2 Å². The first-order valence-electron chi connectivity index (χ1n) is 8.00. The Morgan fingerprint density at radius 2 is 1.59 bits per heavy atom. The summed E-state index contributed by atoms with van der Waals surface area (Å²) >= 11 is 0. The van der Waals surface area contributed by atoms with Gasteiger partial charge in [0, 0.05) is 6.20 Å². The number of aromatic nitrogens is 1. The van der Waals surface area contributed by atoms with Crippen LogP contribution in [0, 0.1) is 0 Å². The number of para-hydroxylation sites is 2. The van der Waals surface area contributed by atoms with Gasteiger partial charge in [-0.15, -0.1) is 0 Å². The summed E-state index contributed by atoms with van der Waals surface area (Å²) < 4.78 is 5.20. The summed E-state index contributed by atoms with van der Waals surface area (Å²) in [5.41, 5.74) is 0.316. The fourth-order valence-corrected chi connectivity index (χ4v) is 2.02. The van der Waals surface area contributed by atoms with Gasteiger partial charge < -0.3 is 15.2 Å². The van der Waals surface area contributed by atoms with E-state index in [0.29, 0.717) is 11.4 Å². The molecule has 0 radical (unpaired) electrons. The topological polar surface area (TPSA) is 130 Å². The number of ether oxygens (including phenoxy) is 1. The number of benzene rings is 1. The van der Waals surface area contributed by atoms with Crippen LogP contribution < -0.4 is 16.0 Å². The average molecular weight is 372 g/mol. The normalized spacial score (nSPS) is 10.6. The highest BCUT2D eigenvalue weighted by molar-refractivity contribution is 6.06. The summed E-state index contributed by atoms with van der Waals surface area (Å²) in [6.45, 7) is 5.24. The van der Waals surface area contributed by atoms with Gasteiger partial charge in [-0.05, 0) is 45.0 Å².